The monoisotopic (exact) mass is 477 g/mol. The molecule has 0 fully saturated rings. The number of nitrogens with one attached hydrogen (secondary N) is 1. The van der Waals surface area contributed by atoms with Crippen molar-refractivity contribution in [2.45, 2.75) is 12.6 Å². The van der Waals surface area contributed by atoms with Gasteiger partial charge in [-0.15, -0.1) is 0 Å². The fraction of sp³-hybridized carbons (Fsp3) is 0.154. The van der Waals surface area contributed by atoms with Gasteiger partial charge < -0.3 is 10.2 Å². The normalized spacial score (nSPS) is 11.2. The SMILES string of the molecule is CN(C)c1cccc(NC(=O)c2ccc(C(F)(F)F)c(Cc3ncccc3-c3ccncn3)c2)c1. The molecule has 0 unspecified atom stereocenters. The van der Waals surface area contributed by atoms with Crippen LogP contribution in [0.4, 0.5) is 24.5 Å². The van der Waals surface area contributed by atoms with Crippen molar-refractivity contribution in [2.24, 2.45) is 0 Å². The van der Waals surface area contributed by atoms with Crippen molar-refractivity contribution in [1.82, 2.24) is 15.0 Å². The van der Waals surface area contributed by atoms with Gasteiger partial charge in [0.05, 0.1) is 17.0 Å². The maximum Gasteiger partial charge on any atom is 0.416 e. The third-order valence-corrected chi connectivity index (χ3v) is 5.40. The average Bonchev–Trinajstić information content (AvgIpc) is 2.84. The molecule has 1 N–H and O–H groups in total. The Hall–Kier alpha value is -4.27. The highest BCUT2D eigenvalue weighted by Gasteiger charge is 2.34. The Morgan fingerprint density at radius 1 is 0.971 bits per heavy atom. The van der Waals surface area contributed by atoms with Crippen LogP contribution in [0.2, 0.25) is 0 Å². The molecule has 0 bridgehead atoms. The van der Waals surface area contributed by atoms with Crippen LogP contribution < -0.4 is 10.2 Å². The van der Waals surface area contributed by atoms with Gasteiger partial charge in [-0.05, 0) is 60.2 Å². The van der Waals surface area contributed by atoms with E-state index in [2.05, 4.69) is 20.3 Å². The molecule has 0 aliphatic heterocycles. The van der Waals surface area contributed by atoms with Crippen molar-refractivity contribution in [3.8, 4) is 11.3 Å². The second kappa shape index (κ2) is 9.92. The molecule has 4 rings (SSSR count). The lowest BCUT2D eigenvalue weighted by Gasteiger charge is -2.16. The summed E-state index contributed by atoms with van der Waals surface area (Å²) >= 11 is 0. The van der Waals surface area contributed by atoms with Crippen LogP contribution in [0.5, 0.6) is 0 Å². The molecule has 9 heteroatoms. The van der Waals surface area contributed by atoms with Gasteiger partial charge in [-0.25, -0.2) is 9.97 Å². The van der Waals surface area contributed by atoms with E-state index in [1.54, 1.807) is 42.6 Å². The van der Waals surface area contributed by atoms with Crippen LogP contribution in [0.25, 0.3) is 11.3 Å². The second-order valence-electron chi connectivity index (χ2n) is 8.04. The number of hydrogen-bond donors (Lipinski definition) is 1. The Morgan fingerprint density at radius 3 is 2.51 bits per heavy atom. The van der Waals surface area contributed by atoms with Crippen LogP contribution >= 0.6 is 0 Å². The molecule has 2 heterocycles. The van der Waals surface area contributed by atoms with Crippen LogP contribution in [0.1, 0.15) is 27.2 Å². The van der Waals surface area contributed by atoms with E-state index >= 15 is 0 Å². The number of carbonyl (C=O) groups excluding carboxylic acids is 1. The lowest BCUT2D eigenvalue weighted by atomic mass is 9.96. The zero-order valence-electron chi connectivity index (χ0n) is 19.0. The van der Waals surface area contributed by atoms with Gasteiger partial charge >= 0.3 is 6.18 Å². The topological polar surface area (TPSA) is 71.0 Å². The molecule has 0 spiro atoms. The van der Waals surface area contributed by atoms with Gasteiger partial charge in [0.15, 0.2) is 0 Å². The quantitative estimate of drug-likeness (QED) is 0.399. The number of hydrogen-bond acceptors (Lipinski definition) is 5. The van der Waals surface area contributed by atoms with E-state index in [4.69, 9.17) is 0 Å². The fourth-order valence-corrected chi connectivity index (χ4v) is 3.67. The minimum absolute atomic E-state index is 0.0544. The number of nitrogens with zero attached hydrogens (tertiary/aromatic N) is 4. The summed E-state index contributed by atoms with van der Waals surface area (Å²) in [6.45, 7) is 0. The van der Waals surface area contributed by atoms with E-state index in [0.29, 0.717) is 22.6 Å². The largest absolute Gasteiger partial charge is 0.416 e. The highest BCUT2D eigenvalue weighted by Crippen LogP contribution is 2.34. The highest BCUT2D eigenvalue weighted by atomic mass is 19.4. The summed E-state index contributed by atoms with van der Waals surface area (Å²) in [5.74, 6) is -0.507. The van der Waals surface area contributed by atoms with E-state index in [1.807, 2.05) is 25.1 Å². The van der Waals surface area contributed by atoms with Crippen LogP contribution in [0.15, 0.2) is 79.4 Å². The first-order chi connectivity index (χ1) is 16.7. The molecule has 2 aromatic carbocycles. The fourth-order valence-electron chi connectivity index (χ4n) is 3.67. The molecule has 4 aromatic rings. The molecule has 0 atom stereocenters. The van der Waals surface area contributed by atoms with Gasteiger partial charge in [0.1, 0.15) is 6.33 Å². The number of amides is 1. The number of alkyl halides is 3. The van der Waals surface area contributed by atoms with E-state index < -0.39 is 17.6 Å². The van der Waals surface area contributed by atoms with Crippen molar-refractivity contribution in [3.05, 3.63) is 102 Å². The predicted molar refractivity (Wildman–Crippen MR) is 128 cm³/mol. The predicted octanol–water partition coefficient (Wildman–Crippen LogP) is 5.47. The Balaban J connectivity index is 1.69. The van der Waals surface area contributed by atoms with E-state index in [1.165, 1.54) is 24.7 Å². The molecule has 2 aromatic heterocycles. The standard InChI is InChI=1S/C26H22F3N5O/c1-34(2)20-6-3-5-19(15-20)33-25(35)17-8-9-22(26(27,28)29)18(13-17)14-24-21(7-4-11-31-24)23-10-12-30-16-32-23/h3-13,15-16H,14H2,1-2H3,(H,33,35). The smallest absolute Gasteiger partial charge is 0.378 e. The lowest BCUT2D eigenvalue weighted by molar-refractivity contribution is -0.138. The van der Waals surface area contributed by atoms with Crippen molar-refractivity contribution < 1.29 is 18.0 Å². The van der Waals surface area contributed by atoms with Crippen LogP contribution in [0.3, 0.4) is 0 Å². The number of anilines is 2. The summed E-state index contributed by atoms with van der Waals surface area (Å²) in [6.07, 6.45) is -0.290. The molecule has 178 valence electrons. The molecule has 0 aliphatic carbocycles. The zero-order chi connectivity index (χ0) is 25.0. The molecule has 1 amide bonds. The van der Waals surface area contributed by atoms with E-state index in [9.17, 15) is 18.0 Å². The van der Waals surface area contributed by atoms with Crippen molar-refractivity contribution in [2.75, 3.05) is 24.3 Å². The number of aromatic nitrogens is 3. The Morgan fingerprint density at radius 2 is 1.80 bits per heavy atom. The van der Waals surface area contributed by atoms with Crippen LogP contribution in [-0.2, 0) is 12.6 Å². The number of carbonyl (C=O) groups is 1. The van der Waals surface area contributed by atoms with Gasteiger partial charge in [0.25, 0.3) is 5.91 Å². The van der Waals surface area contributed by atoms with Crippen molar-refractivity contribution in [3.63, 3.8) is 0 Å². The second-order valence-corrected chi connectivity index (χ2v) is 8.04. The number of pyridine rings is 1. The molecular formula is C26H22F3N5O. The molecule has 0 aliphatic rings. The minimum Gasteiger partial charge on any atom is -0.378 e. The Kier molecular flexibility index (Phi) is 6.77. The highest BCUT2D eigenvalue weighted by molar-refractivity contribution is 6.04. The summed E-state index contributed by atoms with van der Waals surface area (Å²) in [4.78, 5) is 27.2. The lowest BCUT2D eigenvalue weighted by Crippen LogP contribution is -2.16. The number of rotatable bonds is 6. The first-order valence-corrected chi connectivity index (χ1v) is 10.7. The number of benzene rings is 2. The third kappa shape index (κ3) is 5.63. The molecular weight excluding hydrogens is 455 g/mol. The van der Waals surface area contributed by atoms with Crippen molar-refractivity contribution in [1.29, 1.82) is 0 Å². The first kappa shape index (κ1) is 23.9. The van der Waals surface area contributed by atoms with E-state index in [-0.39, 0.29) is 17.5 Å². The minimum atomic E-state index is -4.59. The summed E-state index contributed by atoms with van der Waals surface area (Å²) < 4.78 is 41.5. The summed E-state index contributed by atoms with van der Waals surface area (Å²) in [5.41, 5.74) is 2.21. The van der Waals surface area contributed by atoms with Gasteiger partial charge in [-0.3, -0.25) is 9.78 Å². The van der Waals surface area contributed by atoms with Crippen molar-refractivity contribution >= 4 is 17.3 Å². The van der Waals surface area contributed by atoms with Crippen LogP contribution in [0, 0.1) is 0 Å². The Labute approximate surface area is 200 Å². The first-order valence-electron chi connectivity index (χ1n) is 10.7. The van der Waals surface area contributed by atoms with E-state index in [0.717, 1.165) is 11.8 Å². The van der Waals surface area contributed by atoms with Gasteiger partial charge in [0.2, 0.25) is 0 Å². The average molecular weight is 477 g/mol. The van der Waals surface area contributed by atoms with Gasteiger partial charge in [-0.2, -0.15) is 13.2 Å². The molecule has 0 saturated carbocycles. The summed E-state index contributed by atoms with van der Waals surface area (Å²) in [5, 5.41) is 2.76. The molecule has 0 saturated heterocycles. The zero-order valence-corrected chi connectivity index (χ0v) is 19.0. The van der Waals surface area contributed by atoms with Crippen LogP contribution in [-0.4, -0.2) is 35.0 Å². The van der Waals surface area contributed by atoms with Gasteiger partial charge in [-0.1, -0.05) is 6.07 Å². The summed E-state index contributed by atoms with van der Waals surface area (Å²) in [6, 6.07) is 15.7. The maximum atomic E-state index is 13.8. The third-order valence-electron chi connectivity index (χ3n) is 5.40. The number of halogens is 3. The summed E-state index contributed by atoms with van der Waals surface area (Å²) in [7, 11) is 3.74. The molecule has 35 heavy (non-hydrogen) atoms. The van der Waals surface area contributed by atoms with Gasteiger partial charge in [0, 0.05) is 55.4 Å². The maximum absolute atomic E-state index is 13.8. The molecule has 0 radical (unpaired) electrons. The Bertz CT molecular complexity index is 1340. The molecule has 6 nitrogen and oxygen atoms in total.